The van der Waals surface area contributed by atoms with E-state index in [4.69, 9.17) is 0 Å². The minimum Gasteiger partial charge on any atom is -0.318 e. The van der Waals surface area contributed by atoms with Gasteiger partial charge in [0, 0.05) is 17.1 Å². The summed E-state index contributed by atoms with van der Waals surface area (Å²) in [7, 11) is 0. The van der Waals surface area contributed by atoms with E-state index in [-0.39, 0.29) is 11.2 Å². The van der Waals surface area contributed by atoms with Crippen LogP contribution in [0.5, 0.6) is 0 Å². The molecule has 1 aliphatic carbocycles. The molecule has 1 aromatic carbocycles. The zero-order valence-corrected chi connectivity index (χ0v) is 13.8. The van der Waals surface area contributed by atoms with Crippen LogP contribution in [0.4, 0.5) is 4.39 Å². The Labute approximate surface area is 131 Å². The zero-order chi connectivity index (χ0) is 16.3. The van der Waals surface area contributed by atoms with E-state index in [9.17, 15) is 9.65 Å². The van der Waals surface area contributed by atoms with E-state index in [2.05, 4.69) is 38.3 Å². The molecule has 2 nitrogen and oxygen atoms in total. The van der Waals surface area contributed by atoms with Crippen molar-refractivity contribution in [3.05, 3.63) is 52.6 Å². The van der Waals surface area contributed by atoms with E-state index in [0.29, 0.717) is 0 Å². The van der Waals surface area contributed by atoms with Gasteiger partial charge in [0.2, 0.25) is 0 Å². The van der Waals surface area contributed by atoms with Gasteiger partial charge in [-0.3, -0.25) is 0 Å². The lowest BCUT2D eigenvalue weighted by atomic mass is 9.80. The summed E-state index contributed by atoms with van der Waals surface area (Å²) in [6, 6.07) is 9.07. The molecule has 22 heavy (non-hydrogen) atoms. The van der Waals surface area contributed by atoms with Crippen molar-refractivity contribution >= 4 is 0 Å². The summed E-state index contributed by atoms with van der Waals surface area (Å²) in [5.74, 6) is -0.235. The molecular weight excluding hydrogens is 275 g/mol. The summed E-state index contributed by atoms with van der Waals surface area (Å²) < 4.78 is 15.4. The van der Waals surface area contributed by atoms with Gasteiger partial charge in [-0.2, -0.15) is 5.26 Å². The smallest absolute Gasteiger partial charge is 0.123 e. The quantitative estimate of drug-likeness (QED) is 0.750. The van der Waals surface area contributed by atoms with Gasteiger partial charge in [-0.15, -0.1) is 0 Å². The Morgan fingerprint density at radius 1 is 1.05 bits per heavy atom. The van der Waals surface area contributed by atoms with Gasteiger partial charge < -0.3 is 4.57 Å². The third-order valence-corrected chi connectivity index (χ3v) is 5.00. The molecule has 1 aliphatic rings. The Morgan fingerprint density at radius 2 is 1.59 bits per heavy atom. The molecule has 0 radical (unpaired) electrons. The first-order chi connectivity index (χ1) is 10.2. The predicted molar refractivity (Wildman–Crippen MR) is 85.8 cm³/mol. The van der Waals surface area contributed by atoms with Crippen LogP contribution >= 0.6 is 0 Å². The SMILES string of the molecule is Cc1c2c(c(C)n1-c1ccc(F)cc1)C(C)(C#N)CC2(C)C. The van der Waals surface area contributed by atoms with Crippen molar-refractivity contribution in [2.75, 3.05) is 0 Å². The lowest BCUT2D eigenvalue weighted by Crippen LogP contribution is -2.22. The van der Waals surface area contributed by atoms with E-state index < -0.39 is 5.41 Å². The molecule has 2 aromatic rings. The van der Waals surface area contributed by atoms with Crippen molar-refractivity contribution < 1.29 is 4.39 Å². The third-order valence-electron chi connectivity index (χ3n) is 5.00. The molecule has 1 unspecified atom stereocenters. The van der Waals surface area contributed by atoms with Crippen molar-refractivity contribution in [1.82, 2.24) is 4.57 Å². The van der Waals surface area contributed by atoms with Crippen molar-refractivity contribution in [1.29, 1.82) is 5.26 Å². The van der Waals surface area contributed by atoms with Crippen molar-refractivity contribution in [2.45, 2.75) is 51.9 Å². The number of hydrogen-bond donors (Lipinski definition) is 0. The van der Waals surface area contributed by atoms with Gasteiger partial charge in [-0.25, -0.2) is 4.39 Å². The maximum absolute atomic E-state index is 13.2. The standard InChI is InChI=1S/C19H21FN2/c1-12-16-17(19(5,11-21)10-18(16,3)4)13(2)22(12)15-8-6-14(20)7-9-15/h6-9H,10H2,1-5H3. The Hall–Kier alpha value is -2.08. The molecule has 0 saturated carbocycles. The third kappa shape index (κ3) is 1.83. The topological polar surface area (TPSA) is 28.7 Å². The number of hydrogen-bond acceptors (Lipinski definition) is 1. The monoisotopic (exact) mass is 296 g/mol. The first kappa shape index (κ1) is 14.8. The molecular formula is C19H21FN2. The molecule has 0 N–H and O–H groups in total. The summed E-state index contributed by atoms with van der Waals surface area (Å²) in [4.78, 5) is 0. The highest BCUT2D eigenvalue weighted by Crippen LogP contribution is 2.53. The number of benzene rings is 1. The number of fused-ring (bicyclic) bond motifs is 1. The second kappa shape index (κ2) is 4.46. The molecule has 0 spiro atoms. The number of nitriles is 1. The normalized spacial score (nSPS) is 22.4. The van der Waals surface area contributed by atoms with E-state index in [0.717, 1.165) is 29.1 Å². The molecule has 0 aliphatic heterocycles. The van der Waals surface area contributed by atoms with Crippen LogP contribution in [0.15, 0.2) is 24.3 Å². The van der Waals surface area contributed by atoms with E-state index >= 15 is 0 Å². The predicted octanol–water partition coefficient (Wildman–Crippen LogP) is 4.70. The highest BCUT2D eigenvalue weighted by atomic mass is 19.1. The number of nitrogens with zero attached hydrogens (tertiary/aromatic N) is 2. The number of rotatable bonds is 1. The van der Waals surface area contributed by atoms with Gasteiger partial charge in [0.25, 0.3) is 0 Å². The average Bonchev–Trinajstić information content (AvgIpc) is 2.84. The van der Waals surface area contributed by atoms with Crippen LogP contribution in [0.2, 0.25) is 0 Å². The molecule has 3 heteroatoms. The highest BCUT2D eigenvalue weighted by Gasteiger charge is 2.49. The fourth-order valence-corrected chi connectivity index (χ4v) is 4.47. The van der Waals surface area contributed by atoms with E-state index in [1.807, 2.05) is 6.92 Å². The van der Waals surface area contributed by atoms with Crippen molar-refractivity contribution in [3.8, 4) is 11.8 Å². The fraction of sp³-hybridized carbons (Fsp3) is 0.421. The maximum atomic E-state index is 13.2. The van der Waals surface area contributed by atoms with Gasteiger partial charge in [0.05, 0.1) is 11.5 Å². The number of aromatic nitrogens is 1. The summed E-state index contributed by atoms with van der Waals surface area (Å²) >= 11 is 0. The minimum absolute atomic E-state index is 0.0278. The van der Waals surface area contributed by atoms with Crippen LogP contribution in [0, 0.1) is 31.0 Å². The minimum atomic E-state index is -0.459. The Bertz CT molecular complexity index is 790. The van der Waals surface area contributed by atoms with Crippen molar-refractivity contribution in [2.24, 2.45) is 0 Å². The summed E-state index contributed by atoms with van der Waals surface area (Å²) in [6.45, 7) is 10.6. The summed E-state index contributed by atoms with van der Waals surface area (Å²) in [6.07, 6.45) is 0.840. The van der Waals surface area contributed by atoms with E-state index in [1.54, 1.807) is 12.1 Å². The van der Waals surface area contributed by atoms with Crippen LogP contribution in [0.3, 0.4) is 0 Å². The average molecular weight is 296 g/mol. The van der Waals surface area contributed by atoms with Crippen LogP contribution in [-0.2, 0) is 10.8 Å². The molecule has 0 amide bonds. The van der Waals surface area contributed by atoms with Gasteiger partial charge in [0.15, 0.2) is 0 Å². The highest BCUT2D eigenvalue weighted by molar-refractivity contribution is 5.58. The molecule has 0 bridgehead atoms. The molecule has 0 fully saturated rings. The number of halogens is 1. The van der Waals surface area contributed by atoms with Gasteiger partial charge >= 0.3 is 0 Å². The van der Waals surface area contributed by atoms with Gasteiger partial charge in [0.1, 0.15) is 5.82 Å². The maximum Gasteiger partial charge on any atom is 0.123 e. The summed E-state index contributed by atoms with van der Waals surface area (Å²) in [5.41, 5.74) is 5.14. The van der Waals surface area contributed by atoms with E-state index in [1.165, 1.54) is 17.7 Å². The Morgan fingerprint density at radius 3 is 2.14 bits per heavy atom. The first-order valence-electron chi connectivity index (χ1n) is 7.61. The Kier molecular flexibility index (Phi) is 3.01. The van der Waals surface area contributed by atoms with Gasteiger partial charge in [-0.05, 0) is 68.0 Å². The zero-order valence-electron chi connectivity index (χ0n) is 13.8. The Balaban J connectivity index is 2.32. The van der Waals surface area contributed by atoms with Gasteiger partial charge in [-0.1, -0.05) is 13.8 Å². The second-order valence-electron chi connectivity index (χ2n) is 7.24. The molecule has 1 heterocycles. The van der Waals surface area contributed by atoms with Crippen LogP contribution in [0.1, 0.15) is 49.7 Å². The largest absolute Gasteiger partial charge is 0.318 e. The lowest BCUT2D eigenvalue weighted by molar-refractivity contribution is 0.434. The molecule has 1 atom stereocenters. The van der Waals surface area contributed by atoms with Crippen LogP contribution in [0.25, 0.3) is 5.69 Å². The lowest BCUT2D eigenvalue weighted by Gasteiger charge is -2.24. The van der Waals surface area contributed by atoms with Crippen LogP contribution < -0.4 is 0 Å². The van der Waals surface area contributed by atoms with Crippen molar-refractivity contribution in [3.63, 3.8) is 0 Å². The van der Waals surface area contributed by atoms with Crippen LogP contribution in [-0.4, -0.2) is 4.57 Å². The molecule has 114 valence electrons. The first-order valence-corrected chi connectivity index (χ1v) is 7.61. The fourth-order valence-electron chi connectivity index (χ4n) is 4.47. The summed E-state index contributed by atoms with van der Waals surface area (Å²) in [5, 5.41) is 9.73. The second-order valence-corrected chi connectivity index (χ2v) is 7.24. The molecule has 3 rings (SSSR count). The molecule has 0 saturated heterocycles. The molecule has 1 aromatic heterocycles.